The van der Waals surface area contributed by atoms with Gasteiger partial charge in [0.15, 0.2) is 12.4 Å². The van der Waals surface area contributed by atoms with Crippen molar-refractivity contribution in [3.63, 3.8) is 0 Å². The molecule has 272 valence electrons. The molecule has 2 N–H and O–H groups in total. The molecule has 4 unspecified atom stereocenters. The van der Waals surface area contributed by atoms with Gasteiger partial charge < -0.3 is 33.9 Å². The minimum absolute atomic E-state index is 0.0504. The van der Waals surface area contributed by atoms with Gasteiger partial charge in [-0.25, -0.2) is 0 Å². The smallest absolute Gasteiger partial charge is 0.303 e. The van der Waals surface area contributed by atoms with Gasteiger partial charge in [0.25, 0.3) is 0 Å². The molecule has 0 radical (unpaired) electrons. The molecule has 9 heteroatoms. The summed E-state index contributed by atoms with van der Waals surface area (Å²) in [5.74, 6) is 1.12. The van der Waals surface area contributed by atoms with E-state index in [1.165, 1.54) is 32.6 Å². The summed E-state index contributed by atoms with van der Waals surface area (Å²) in [5.41, 5.74) is -0.943. The van der Waals surface area contributed by atoms with Crippen molar-refractivity contribution in [2.45, 2.75) is 155 Å². The molecule has 0 bridgehead atoms. The Hall–Kier alpha value is -0.810. The second-order valence-electron chi connectivity index (χ2n) is 19.3. The Morgan fingerprint density at radius 1 is 1.02 bits per heavy atom. The summed E-state index contributed by atoms with van der Waals surface area (Å²) in [4.78, 5) is 14.6. The normalized spacial score (nSPS) is 52.1. The van der Waals surface area contributed by atoms with Crippen molar-refractivity contribution in [1.82, 2.24) is 4.90 Å². The van der Waals surface area contributed by atoms with Crippen molar-refractivity contribution in [1.29, 1.82) is 0 Å². The minimum atomic E-state index is -1.25. The van der Waals surface area contributed by atoms with Crippen LogP contribution in [0.1, 0.15) is 107 Å². The van der Waals surface area contributed by atoms with Gasteiger partial charge in [0.1, 0.15) is 0 Å². The second-order valence-corrected chi connectivity index (χ2v) is 19.3. The number of fused-ring (bicyclic) bond motifs is 4. The third-order valence-corrected chi connectivity index (χ3v) is 16.6. The van der Waals surface area contributed by atoms with Crippen molar-refractivity contribution >= 4 is 5.97 Å². The largest absolute Gasteiger partial charge is 0.457 e. The summed E-state index contributed by atoms with van der Waals surface area (Å²) in [6.45, 7) is 21.0. The van der Waals surface area contributed by atoms with Gasteiger partial charge in [-0.1, -0.05) is 34.6 Å². The predicted molar refractivity (Wildman–Crippen MR) is 179 cm³/mol. The highest BCUT2D eigenvalue weighted by Gasteiger charge is 2.84. The van der Waals surface area contributed by atoms with E-state index in [2.05, 4.69) is 39.5 Å². The quantitative estimate of drug-likeness (QED) is 0.379. The van der Waals surface area contributed by atoms with Crippen LogP contribution in [-0.4, -0.2) is 102 Å². The monoisotopic (exact) mass is 673 g/mol. The van der Waals surface area contributed by atoms with Gasteiger partial charge >= 0.3 is 5.97 Å². The molecule has 0 aromatic carbocycles. The second kappa shape index (κ2) is 11.1. The van der Waals surface area contributed by atoms with Crippen LogP contribution in [-0.2, 0) is 28.5 Å². The van der Waals surface area contributed by atoms with Crippen LogP contribution in [0.15, 0.2) is 0 Å². The molecule has 8 fully saturated rings. The van der Waals surface area contributed by atoms with Crippen LogP contribution in [0, 0.1) is 50.7 Å². The summed E-state index contributed by atoms with van der Waals surface area (Å²) in [6, 6.07) is 0.508. The van der Waals surface area contributed by atoms with E-state index in [0.717, 1.165) is 52.2 Å². The number of aliphatic hydroxyl groups excluding tert-OH is 1. The molecular formula is C39H63NO8. The zero-order chi connectivity index (χ0) is 34.2. The van der Waals surface area contributed by atoms with Crippen molar-refractivity contribution in [2.75, 3.05) is 32.9 Å². The molecule has 8 aliphatic rings. The lowest BCUT2D eigenvalue weighted by molar-refractivity contribution is -0.256. The number of carbonyl (C=O) groups excluding carboxylic acids is 1. The maximum atomic E-state index is 12.6. The summed E-state index contributed by atoms with van der Waals surface area (Å²) in [5, 5.41) is 23.6. The molecule has 0 amide bonds. The number of ether oxygens (including phenoxy) is 5. The van der Waals surface area contributed by atoms with Crippen LogP contribution in [0.2, 0.25) is 0 Å². The van der Waals surface area contributed by atoms with Crippen molar-refractivity contribution in [3.8, 4) is 0 Å². The molecule has 48 heavy (non-hydrogen) atoms. The minimum Gasteiger partial charge on any atom is -0.457 e. The number of carbonyl (C=O) groups is 1. The Kier molecular flexibility index (Phi) is 7.93. The van der Waals surface area contributed by atoms with E-state index in [4.69, 9.17) is 23.7 Å². The number of morpholine rings is 1. The highest BCUT2D eigenvalue weighted by Crippen LogP contribution is 2.89. The molecular weight excluding hydrogens is 610 g/mol. The third-order valence-electron chi connectivity index (χ3n) is 16.6. The molecule has 3 heterocycles. The van der Waals surface area contributed by atoms with Gasteiger partial charge in [-0.05, 0) is 111 Å². The Balaban J connectivity index is 1.03. The number of nitrogens with zero attached hydrogens (tertiary/aromatic N) is 1. The van der Waals surface area contributed by atoms with E-state index >= 15 is 0 Å². The van der Waals surface area contributed by atoms with Gasteiger partial charge in [0, 0.05) is 18.9 Å². The molecule has 3 aliphatic heterocycles. The highest BCUT2D eigenvalue weighted by atomic mass is 16.7. The summed E-state index contributed by atoms with van der Waals surface area (Å²) in [7, 11) is 0. The number of hydrogen-bond acceptors (Lipinski definition) is 9. The van der Waals surface area contributed by atoms with Crippen LogP contribution in [0.25, 0.3) is 0 Å². The van der Waals surface area contributed by atoms with Gasteiger partial charge in [-0.15, -0.1) is 0 Å². The van der Waals surface area contributed by atoms with Crippen LogP contribution >= 0.6 is 0 Å². The molecule has 5 aliphatic carbocycles. The Morgan fingerprint density at radius 2 is 1.73 bits per heavy atom. The lowest BCUT2D eigenvalue weighted by Gasteiger charge is -2.64. The first-order valence-corrected chi connectivity index (χ1v) is 19.3. The van der Waals surface area contributed by atoms with E-state index in [-0.39, 0.29) is 52.0 Å². The zero-order valence-corrected chi connectivity index (χ0v) is 30.8. The third kappa shape index (κ3) is 4.55. The van der Waals surface area contributed by atoms with Gasteiger partial charge in [0.2, 0.25) is 0 Å². The van der Waals surface area contributed by atoms with Gasteiger partial charge in [0.05, 0.1) is 62.4 Å². The van der Waals surface area contributed by atoms with Crippen molar-refractivity contribution in [2.24, 2.45) is 50.7 Å². The average Bonchev–Trinajstić information content (AvgIpc) is 3.61. The molecule has 0 aromatic heterocycles. The maximum Gasteiger partial charge on any atom is 0.303 e. The van der Waals surface area contributed by atoms with E-state index in [1.54, 1.807) is 13.8 Å². The van der Waals surface area contributed by atoms with Gasteiger partial charge in [-0.3, -0.25) is 9.69 Å². The number of aliphatic hydroxyl groups is 2. The molecule has 9 nitrogen and oxygen atoms in total. The predicted octanol–water partition coefficient (Wildman–Crippen LogP) is 4.94. The average molecular weight is 674 g/mol. The molecule has 3 saturated heterocycles. The summed E-state index contributed by atoms with van der Waals surface area (Å²) >= 11 is 0. The van der Waals surface area contributed by atoms with E-state index in [9.17, 15) is 15.0 Å². The van der Waals surface area contributed by atoms with Crippen LogP contribution in [0.5, 0.6) is 0 Å². The van der Waals surface area contributed by atoms with E-state index in [0.29, 0.717) is 29.7 Å². The molecule has 2 spiro atoms. The summed E-state index contributed by atoms with van der Waals surface area (Å²) in [6.07, 6.45) is 6.76. The maximum absolute atomic E-state index is 12.6. The summed E-state index contributed by atoms with van der Waals surface area (Å²) < 4.78 is 31.1. The zero-order valence-electron chi connectivity index (χ0n) is 30.8. The van der Waals surface area contributed by atoms with Crippen LogP contribution < -0.4 is 0 Å². The van der Waals surface area contributed by atoms with Crippen molar-refractivity contribution in [3.05, 3.63) is 0 Å². The Morgan fingerprint density at radius 3 is 2.40 bits per heavy atom. The van der Waals surface area contributed by atoms with Gasteiger partial charge in [-0.2, -0.15) is 0 Å². The molecule has 8 rings (SSSR count). The Labute approximate surface area is 288 Å². The SMILES string of the molecule is CC(=O)O[C@@H](C1C[C@@H](C)[C@H]2C(O1)[C@H](O)[C@@]1(C)C3CC[C@H]4C(C)(C)C(O[C@H]5CN(C6COC6)CCO5)CC[C@@]45C[C@@]35CC[C@]21C)C(C)(C)O. The Bertz CT molecular complexity index is 1280. The van der Waals surface area contributed by atoms with E-state index in [1.807, 2.05) is 0 Å². The fourth-order valence-electron chi connectivity index (χ4n) is 14.3. The lowest BCUT2D eigenvalue weighted by atomic mass is 9.41. The number of hydrogen-bond donors (Lipinski definition) is 2. The molecule has 14 atom stereocenters. The molecule has 5 saturated carbocycles. The fraction of sp³-hybridized carbons (Fsp3) is 0.974. The number of rotatable bonds is 6. The fourth-order valence-corrected chi connectivity index (χ4v) is 14.3. The van der Waals surface area contributed by atoms with Crippen LogP contribution in [0.4, 0.5) is 0 Å². The molecule has 0 aromatic rings. The first-order chi connectivity index (χ1) is 22.5. The standard InChI is InChI=1S/C39H63NO8/c1-22-17-25(33(35(5,6)43)46-23(2)41)47-31-30(22)36(7)13-14-39-21-38(39)12-11-28(48-29-18-40(15-16-45-29)24-19-44-20-24)34(3,4)26(38)9-10-27(39)37(36,8)32(31)42/h22,24-33,42-43H,9-21H2,1-8H3/t22-,25?,26+,27?,28?,29+,30+,31?,32+,33+,36-,37-,38-,39+/m1/s1. The van der Waals surface area contributed by atoms with E-state index < -0.39 is 29.9 Å². The van der Waals surface area contributed by atoms with Crippen LogP contribution in [0.3, 0.4) is 0 Å². The number of esters is 1. The van der Waals surface area contributed by atoms with Crippen molar-refractivity contribution < 1.29 is 38.7 Å². The first kappa shape index (κ1) is 34.3. The lowest BCUT2D eigenvalue weighted by Crippen LogP contribution is -2.60. The first-order valence-electron chi connectivity index (χ1n) is 19.3. The topological polar surface area (TPSA) is 107 Å². The highest BCUT2D eigenvalue weighted by molar-refractivity contribution is 5.66.